The van der Waals surface area contributed by atoms with Crippen LogP contribution in [0.1, 0.15) is 5.56 Å². The molecule has 1 heterocycles. The van der Waals surface area contributed by atoms with Crippen LogP contribution in [-0.4, -0.2) is 36.5 Å². The molecule has 0 aliphatic carbocycles. The Hall–Kier alpha value is -1.55. The largest absolute Gasteiger partial charge is 0.370 e. The second-order valence-corrected chi connectivity index (χ2v) is 4.13. The zero-order valence-electron chi connectivity index (χ0n) is 9.32. The summed E-state index contributed by atoms with van der Waals surface area (Å²) in [6.45, 7) is 2.63. The second kappa shape index (κ2) is 4.99. The molecular formula is C12H18N4. The van der Waals surface area contributed by atoms with Crippen molar-refractivity contribution in [2.45, 2.75) is 12.5 Å². The summed E-state index contributed by atoms with van der Waals surface area (Å²) in [6, 6.07) is 10.6. The highest BCUT2D eigenvalue weighted by Crippen LogP contribution is 2.10. The maximum Gasteiger partial charge on any atom is 0.188 e. The number of nitrogens with zero attached hydrogens (tertiary/aromatic N) is 1. The lowest BCUT2D eigenvalue weighted by molar-refractivity contribution is 0.252. The van der Waals surface area contributed by atoms with Crippen LogP contribution in [0.2, 0.25) is 0 Å². The van der Waals surface area contributed by atoms with Crippen molar-refractivity contribution in [3.8, 4) is 0 Å². The van der Waals surface area contributed by atoms with Gasteiger partial charge in [-0.1, -0.05) is 30.3 Å². The average molecular weight is 218 g/mol. The Labute approximate surface area is 96.0 Å². The zero-order chi connectivity index (χ0) is 11.4. The van der Waals surface area contributed by atoms with E-state index < -0.39 is 0 Å². The van der Waals surface area contributed by atoms with Crippen molar-refractivity contribution < 1.29 is 0 Å². The van der Waals surface area contributed by atoms with Gasteiger partial charge >= 0.3 is 0 Å². The lowest BCUT2D eigenvalue weighted by Gasteiger charge is -2.36. The Morgan fingerprint density at radius 3 is 2.88 bits per heavy atom. The number of nitrogens with two attached hydrogens (primary N) is 1. The monoisotopic (exact) mass is 218 g/mol. The Morgan fingerprint density at radius 2 is 2.19 bits per heavy atom. The first-order valence-corrected chi connectivity index (χ1v) is 5.62. The number of hydrogen-bond acceptors (Lipinski definition) is 2. The molecule has 0 bridgehead atoms. The Bertz CT molecular complexity index is 349. The number of rotatable bonds is 2. The van der Waals surface area contributed by atoms with Gasteiger partial charge in [-0.2, -0.15) is 0 Å². The van der Waals surface area contributed by atoms with Crippen LogP contribution in [0, 0.1) is 5.41 Å². The molecule has 0 spiro atoms. The van der Waals surface area contributed by atoms with Crippen LogP contribution in [-0.2, 0) is 6.42 Å². The van der Waals surface area contributed by atoms with E-state index in [1.165, 1.54) is 5.56 Å². The normalized spacial score (nSPS) is 20.8. The van der Waals surface area contributed by atoms with Crippen molar-refractivity contribution in [2.75, 3.05) is 19.6 Å². The van der Waals surface area contributed by atoms with Crippen LogP contribution >= 0.6 is 0 Å². The fourth-order valence-electron chi connectivity index (χ4n) is 2.15. The van der Waals surface area contributed by atoms with Crippen molar-refractivity contribution in [2.24, 2.45) is 5.73 Å². The Kier molecular flexibility index (Phi) is 3.41. The van der Waals surface area contributed by atoms with Gasteiger partial charge < -0.3 is 16.0 Å². The molecule has 1 unspecified atom stereocenters. The fraction of sp³-hybridized carbons (Fsp3) is 0.417. The molecule has 0 aromatic heterocycles. The molecule has 1 atom stereocenters. The molecule has 1 aromatic carbocycles. The third kappa shape index (κ3) is 2.52. The van der Waals surface area contributed by atoms with Crippen LogP contribution in [0.4, 0.5) is 0 Å². The molecule has 1 aliphatic rings. The lowest BCUT2D eigenvalue weighted by Crippen LogP contribution is -2.56. The number of hydrogen-bond donors (Lipinski definition) is 3. The first kappa shape index (κ1) is 11.0. The summed E-state index contributed by atoms with van der Waals surface area (Å²) >= 11 is 0. The van der Waals surface area contributed by atoms with Crippen LogP contribution < -0.4 is 11.1 Å². The highest BCUT2D eigenvalue weighted by Gasteiger charge is 2.22. The van der Waals surface area contributed by atoms with Gasteiger partial charge in [-0.15, -0.1) is 0 Å². The van der Waals surface area contributed by atoms with Crippen molar-refractivity contribution in [3.05, 3.63) is 35.9 Å². The van der Waals surface area contributed by atoms with Crippen molar-refractivity contribution in [3.63, 3.8) is 0 Å². The van der Waals surface area contributed by atoms with Gasteiger partial charge in [0.15, 0.2) is 5.96 Å². The van der Waals surface area contributed by atoms with Crippen LogP contribution in [0.3, 0.4) is 0 Å². The molecule has 1 aliphatic heterocycles. The fourth-order valence-corrected chi connectivity index (χ4v) is 2.15. The lowest BCUT2D eigenvalue weighted by atomic mass is 10.0. The van der Waals surface area contributed by atoms with E-state index in [2.05, 4.69) is 17.4 Å². The van der Waals surface area contributed by atoms with E-state index >= 15 is 0 Å². The molecule has 2 rings (SSSR count). The molecule has 86 valence electrons. The van der Waals surface area contributed by atoms with Gasteiger partial charge in [0.1, 0.15) is 0 Å². The van der Waals surface area contributed by atoms with E-state index in [0.29, 0.717) is 6.04 Å². The van der Waals surface area contributed by atoms with Gasteiger partial charge in [0.2, 0.25) is 0 Å². The molecule has 1 saturated heterocycles. The molecule has 1 aromatic rings. The van der Waals surface area contributed by atoms with E-state index in [1.807, 2.05) is 23.1 Å². The first-order chi connectivity index (χ1) is 7.77. The minimum Gasteiger partial charge on any atom is -0.370 e. The second-order valence-electron chi connectivity index (χ2n) is 4.13. The van der Waals surface area contributed by atoms with Gasteiger partial charge in [0.05, 0.1) is 0 Å². The van der Waals surface area contributed by atoms with Crippen LogP contribution in [0.15, 0.2) is 30.3 Å². The topological polar surface area (TPSA) is 65.1 Å². The van der Waals surface area contributed by atoms with Gasteiger partial charge in [-0.05, 0) is 12.0 Å². The quantitative estimate of drug-likeness (QED) is 0.497. The summed E-state index contributed by atoms with van der Waals surface area (Å²) in [5, 5.41) is 10.9. The molecule has 4 heteroatoms. The molecule has 0 amide bonds. The van der Waals surface area contributed by atoms with Gasteiger partial charge in [-0.3, -0.25) is 5.41 Å². The van der Waals surface area contributed by atoms with E-state index in [9.17, 15) is 0 Å². The third-order valence-corrected chi connectivity index (χ3v) is 2.97. The molecular weight excluding hydrogens is 200 g/mol. The zero-order valence-corrected chi connectivity index (χ0v) is 9.32. The van der Waals surface area contributed by atoms with Crippen LogP contribution in [0.5, 0.6) is 0 Å². The van der Waals surface area contributed by atoms with Gasteiger partial charge in [0.25, 0.3) is 0 Å². The standard InChI is InChI=1S/C12H18N4/c13-12(14)16-7-6-15-9-11(16)8-10-4-2-1-3-5-10/h1-5,11,15H,6-9H2,(H3,13,14). The Balaban J connectivity index is 2.04. The molecule has 0 radical (unpaired) electrons. The van der Waals surface area contributed by atoms with E-state index in [-0.39, 0.29) is 5.96 Å². The maximum atomic E-state index is 7.56. The molecule has 0 saturated carbocycles. The molecule has 16 heavy (non-hydrogen) atoms. The molecule has 4 N–H and O–H groups in total. The number of piperazine rings is 1. The summed E-state index contributed by atoms with van der Waals surface area (Å²) < 4.78 is 0. The summed E-state index contributed by atoms with van der Waals surface area (Å²) in [5.41, 5.74) is 6.89. The van der Waals surface area contributed by atoms with Crippen molar-refractivity contribution in [1.82, 2.24) is 10.2 Å². The van der Waals surface area contributed by atoms with Gasteiger partial charge in [0, 0.05) is 25.7 Å². The summed E-state index contributed by atoms with van der Waals surface area (Å²) in [6.07, 6.45) is 0.938. The summed E-state index contributed by atoms with van der Waals surface area (Å²) in [7, 11) is 0. The first-order valence-electron chi connectivity index (χ1n) is 5.62. The Morgan fingerprint density at radius 1 is 1.44 bits per heavy atom. The summed E-state index contributed by atoms with van der Waals surface area (Å²) in [5.74, 6) is 0.183. The molecule has 4 nitrogen and oxygen atoms in total. The minimum atomic E-state index is 0.183. The average Bonchev–Trinajstić information content (AvgIpc) is 2.31. The smallest absolute Gasteiger partial charge is 0.188 e. The SMILES string of the molecule is N=C(N)N1CCNCC1Cc1ccccc1. The highest BCUT2D eigenvalue weighted by atomic mass is 15.3. The highest BCUT2D eigenvalue weighted by molar-refractivity contribution is 5.75. The predicted molar refractivity (Wildman–Crippen MR) is 65.4 cm³/mol. The van der Waals surface area contributed by atoms with Gasteiger partial charge in [-0.25, -0.2) is 0 Å². The van der Waals surface area contributed by atoms with E-state index in [4.69, 9.17) is 11.1 Å². The third-order valence-electron chi connectivity index (χ3n) is 2.97. The van der Waals surface area contributed by atoms with Crippen molar-refractivity contribution in [1.29, 1.82) is 5.41 Å². The van der Waals surface area contributed by atoms with E-state index in [1.54, 1.807) is 0 Å². The summed E-state index contributed by atoms with van der Waals surface area (Å²) in [4.78, 5) is 1.98. The van der Waals surface area contributed by atoms with Crippen molar-refractivity contribution >= 4 is 5.96 Å². The predicted octanol–water partition coefficient (Wildman–Crippen LogP) is 0.396. The van der Waals surface area contributed by atoms with Crippen LogP contribution in [0.25, 0.3) is 0 Å². The van der Waals surface area contributed by atoms with E-state index in [0.717, 1.165) is 26.1 Å². The maximum absolute atomic E-state index is 7.56. The number of guanidine groups is 1. The number of nitrogens with one attached hydrogen (secondary N) is 2. The minimum absolute atomic E-state index is 0.183. The molecule has 1 fully saturated rings. The number of benzene rings is 1.